The molecule has 0 unspecified atom stereocenters. The van der Waals surface area contributed by atoms with E-state index in [4.69, 9.17) is 44.3 Å². The van der Waals surface area contributed by atoms with Crippen LogP contribution < -0.4 is 14.8 Å². The summed E-state index contributed by atoms with van der Waals surface area (Å²) in [5, 5.41) is 13.7. The Balaban J connectivity index is 1.86. The van der Waals surface area contributed by atoms with Crippen molar-refractivity contribution < 1.29 is 14.3 Å². The standard InChI is InChI=1S/C26H21Cl3N2O3/c1-3-33-24-13-18(12-22(29)25(24)34-15-17-6-4-7-20(27)11-17)10-19(14-30)26(32)31-23-9-5-8-21(28)16(23)2/h4-13H,3,15H2,1-2H3,(H,31,32)/b19-10+. The number of hydrogen-bond donors (Lipinski definition) is 1. The molecular formula is C26H21Cl3N2O3. The van der Waals surface area contributed by atoms with Crippen LogP contribution >= 0.6 is 34.8 Å². The molecule has 0 radical (unpaired) electrons. The van der Waals surface area contributed by atoms with Crippen molar-refractivity contribution >= 4 is 52.5 Å². The first-order valence-electron chi connectivity index (χ1n) is 10.3. The lowest BCUT2D eigenvalue weighted by atomic mass is 10.1. The van der Waals surface area contributed by atoms with E-state index < -0.39 is 5.91 Å². The lowest BCUT2D eigenvalue weighted by molar-refractivity contribution is -0.112. The molecule has 8 heteroatoms. The van der Waals surface area contributed by atoms with E-state index >= 15 is 0 Å². The van der Waals surface area contributed by atoms with E-state index in [1.165, 1.54) is 6.08 Å². The third-order valence-corrected chi connectivity index (χ3v) is 5.72. The quantitative estimate of drug-likeness (QED) is 0.249. The second-order valence-electron chi connectivity index (χ2n) is 7.22. The fourth-order valence-corrected chi connectivity index (χ4v) is 3.77. The molecule has 0 atom stereocenters. The van der Waals surface area contributed by atoms with Gasteiger partial charge in [0, 0.05) is 15.7 Å². The molecule has 0 saturated carbocycles. The summed E-state index contributed by atoms with van der Waals surface area (Å²) in [6.45, 7) is 4.22. The maximum Gasteiger partial charge on any atom is 0.266 e. The molecule has 0 heterocycles. The fraction of sp³-hybridized carbons (Fsp3) is 0.154. The van der Waals surface area contributed by atoms with Gasteiger partial charge in [0.15, 0.2) is 11.5 Å². The summed E-state index contributed by atoms with van der Waals surface area (Å²) in [6.07, 6.45) is 1.43. The minimum absolute atomic E-state index is 0.106. The molecular weight excluding hydrogens is 495 g/mol. The van der Waals surface area contributed by atoms with Gasteiger partial charge in [0.25, 0.3) is 5.91 Å². The highest BCUT2D eigenvalue weighted by Crippen LogP contribution is 2.38. The molecule has 174 valence electrons. The Bertz CT molecular complexity index is 1280. The van der Waals surface area contributed by atoms with Gasteiger partial charge in [-0.3, -0.25) is 4.79 Å². The van der Waals surface area contributed by atoms with Crippen molar-refractivity contribution in [3.8, 4) is 17.6 Å². The monoisotopic (exact) mass is 514 g/mol. The minimum Gasteiger partial charge on any atom is -0.490 e. The highest BCUT2D eigenvalue weighted by molar-refractivity contribution is 6.32. The number of carbonyl (C=O) groups excluding carboxylic acids is 1. The Hall–Kier alpha value is -3.17. The van der Waals surface area contributed by atoms with E-state index in [9.17, 15) is 10.1 Å². The van der Waals surface area contributed by atoms with Crippen LogP contribution in [0.3, 0.4) is 0 Å². The largest absolute Gasteiger partial charge is 0.490 e. The van der Waals surface area contributed by atoms with E-state index in [1.54, 1.807) is 49.4 Å². The lowest BCUT2D eigenvalue weighted by Crippen LogP contribution is -2.14. The smallest absolute Gasteiger partial charge is 0.266 e. The molecule has 0 aliphatic rings. The first-order valence-corrected chi connectivity index (χ1v) is 11.5. The SMILES string of the molecule is CCOc1cc(/C=C(\C#N)C(=O)Nc2cccc(Cl)c2C)cc(Cl)c1OCc1cccc(Cl)c1. The average molecular weight is 516 g/mol. The van der Waals surface area contributed by atoms with E-state index in [0.29, 0.717) is 45.0 Å². The van der Waals surface area contributed by atoms with Crippen molar-refractivity contribution in [1.82, 2.24) is 0 Å². The lowest BCUT2D eigenvalue weighted by Gasteiger charge is -2.15. The van der Waals surface area contributed by atoms with Gasteiger partial charge in [-0.2, -0.15) is 5.26 Å². The van der Waals surface area contributed by atoms with Crippen LogP contribution in [-0.2, 0) is 11.4 Å². The molecule has 0 fully saturated rings. The Labute approximate surface area is 213 Å². The third kappa shape index (κ3) is 6.45. The number of amides is 1. The number of ether oxygens (including phenoxy) is 2. The molecule has 3 aromatic rings. The Kier molecular flexibility index (Phi) is 8.84. The zero-order valence-corrected chi connectivity index (χ0v) is 20.8. The number of anilines is 1. The van der Waals surface area contributed by atoms with Crippen LogP contribution in [0.25, 0.3) is 6.08 Å². The van der Waals surface area contributed by atoms with Crippen molar-refractivity contribution in [2.45, 2.75) is 20.5 Å². The van der Waals surface area contributed by atoms with Gasteiger partial charge in [-0.1, -0.05) is 53.0 Å². The normalized spacial score (nSPS) is 11.0. The number of nitrogens with zero attached hydrogens (tertiary/aromatic N) is 1. The van der Waals surface area contributed by atoms with Gasteiger partial charge in [-0.25, -0.2) is 0 Å². The summed E-state index contributed by atoms with van der Waals surface area (Å²) in [6, 6.07) is 17.6. The third-order valence-electron chi connectivity index (χ3n) is 4.80. The summed E-state index contributed by atoms with van der Waals surface area (Å²) >= 11 is 18.6. The van der Waals surface area contributed by atoms with E-state index in [-0.39, 0.29) is 17.2 Å². The first kappa shape index (κ1) is 25.5. The predicted octanol–water partition coefficient (Wildman–Crippen LogP) is 7.48. The van der Waals surface area contributed by atoms with Gasteiger partial charge >= 0.3 is 0 Å². The van der Waals surface area contributed by atoms with Crippen molar-refractivity contribution in [3.05, 3.63) is 91.9 Å². The van der Waals surface area contributed by atoms with E-state index in [0.717, 1.165) is 5.56 Å². The number of rotatable bonds is 8. The number of hydrogen-bond acceptors (Lipinski definition) is 4. The summed E-state index contributed by atoms with van der Waals surface area (Å²) in [7, 11) is 0. The highest BCUT2D eigenvalue weighted by atomic mass is 35.5. The minimum atomic E-state index is -0.566. The average Bonchev–Trinajstić information content (AvgIpc) is 2.80. The summed E-state index contributed by atoms with van der Waals surface area (Å²) in [4.78, 5) is 12.7. The second kappa shape index (κ2) is 11.8. The maximum atomic E-state index is 12.7. The fourth-order valence-electron chi connectivity index (χ4n) is 3.10. The molecule has 0 aromatic heterocycles. The van der Waals surface area contributed by atoms with E-state index in [2.05, 4.69) is 5.32 Å². The number of nitriles is 1. The van der Waals surface area contributed by atoms with Gasteiger partial charge in [0.1, 0.15) is 18.2 Å². The van der Waals surface area contributed by atoms with Gasteiger partial charge in [-0.05, 0) is 73.0 Å². The molecule has 1 N–H and O–H groups in total. The molecule has 0 aliphatic heterocycles. The first-order chi connectivity index (χ1) is 16.3. The van der Waals surface area contributed by atoms with Crippen LogP contribution in [0.4, 0.5) is 5.69 Å². The van der Waals surface area contributed by atoms with Crippen molar-refractivity contribution in [1.29, 1.82) is 5.26 Å². The van der Waals surface area contributed by atoms with Crippen LogP contribution in [0, 0.1) is 18.3 Å². The van der Waals surface area contributed by atoms with Crippen LogP contribution in [0.2, 0.25) is 15.1 Å². The molecule has 3 aromatic carbocycles. The number of halogens is 3. The zero-order valence-electron chi connectivity index (χ0n) is 18.5. The summed E-state index contributed by atoms with van der Waals surface area (Å²) < 4.78 is 11.6. The predicted molar refractivity (Wildman–Crippen MR) is 137 cm³/mol. The maximum absolute atomic E-state index is 12.7. The Morgan fingerprint density at radius 1 is 1.06 bits per heavy atom. The molecule has 0 spiro atoms. The topological polar surface area (TPSA) is 71.3 Å². The van der Waals surface area contributed by atoms with Crippen molar-refractivity contribution in [2.75, 3.05) is 11.9 Å². The van der Waals surface area contributed by atoms with Gasteiger partial charge in [-0.15, -0.1) is 0 Å². The molecule has 0 bridgehead atoms. The van der Waals surface area contributed by atoms with Crippen LogP contribution in [0.15, 0.2) is 60.2 Å². The number of carbonyl (C=O) groups is 1. The molecule has 3 rings (SSSR count). The van der Waals surface area contributed by atoms with Gasteiger partial charge < -0.3 is 14.8 Å². The summed E-state index contributed by atoms with van der Waals surface area (Å²) in [5.74, 6) is 0.188. The molecule has 0 aliphatic carbocycles. The second-order valence-corrected chi connectivity index (χ2v) is 8.47. The Morgan fingerprint density at radius 3 is 2.53 bits per heavy atom. The summed E-state index contributed by atoms with van der Waals surface area (Å²) in [5.41, 5.74) is 2.51. The van der Waals surface area contributed by atoms with Gasteiger partial charge in [0.05, 0.1) is 11.6 Å². The molecule has 5 nitrogen and oxygen atoms in total. The Morgan fingerprint density at radius 2 is 1.82 bits per heavy atom. The molecule has 1 amide bonds. The molecule has 0 saturated heterocycles. The van der Waals surface area contributed by atoms with Crippen LogP contribution in [0.1, 0.15) is 23.6 Å². The van der Waals surface area contributed by atoms with Crippen molar-refractivity contribution in [3.63, 3.8) is 0 Å². The number of nitrogens with one attached hydrogen (secondary N) is 1. The van der Waals surface area contributed by atoms with Gasteiger partial charge in [0.2, 0.25) is 0 Å². The number of benzene rings is 3. The zero-order chi connectivity index (χ0) is 24.7. The van der Waals surface area contributed by atoms with Crippen LogP contribution in [0.5, 0.6) is 11.5 Å². The van der Waals surface area contributed by atoms with Crippen LogP contribution in [-0.4, -0.2) is 12.5 Å². The van der Waals surface area contributed by atoms with Crippen molar-refractivity contribution in [2.24, 2.45) is 0 Å². The van der Waals surface area contributed by atoms with E-state index in [1.807, 2.05) is 25.1 Å². The highest BCUT2D eigenvalue weighted by Gasteiger charge is 2.16. The molecule has 34 heavy (non-hydrogen) atoms.